The molecule has 0 amide bonds. The fourth-order valence-corrected chi connectivity index (χ4v) is 5.03. The standard InChI is InChI=1S/C24H23BrN2O5S/c1-5-30-23(29)20-14(4)26-24-27(21(20)16-8-6-7-9-17(16)31-13(2)3)22(28)18(33-24)12-15-10-11-19(25)32-15/h6-13,21H,5H2,1-4H3/b18-12+/t21-/m1/s1. The number of carbonyl (C=O) groups excluding carboxylic acids is 1. The second kappa shape index (κ2) is 9.52. The summed E-state index contributed by atoms with van der Waals surface area (Å²) in [7, 11) is 0. The molecule has 172 valence electrons. The van der Waals surface area contributed by atoms with Crippen molar-refractivity contribution in [1.82, 2.24) is 4.57 Å². The van der Waals surface area contributed by atoms with Gasteiger partial charge in [0.25, 0.3) is 5.56 Å². The molecule has 1 aromatic carbocycles. The molecule has 2 aromatic heterocycles. The third-order valence-corrected chi connectivity index (χ3v) is 6.37. The molecule has 0 unspecified atom stereocenters. The van der Waals surface area contributed by atoms with Crippen LogP contribution in [0.15, 0.2) is 66.5 Å². The van der Waals surface area contributed by atoms with E-state index in [1.807, 2.05) is 38.1 Å². The summed E-state index contributed by atoms with van der Waals surface area (Å²) in [5.41, 5.74) is 1.24. The van der Waals surface area contributed by atoms with Crippen LogP contribution in [0, 0.1) is 0 Å². The van der Waals surface area contributed by atoms with Crippen molar-refractivity contribution in [3.05, 3.63) is 83.3 Å². The van der Waals surface area contributed by atoms with E-state index >= 15 is 0 Å². The Kier molecular flexibility index (Phi) is 6.71. The number of thiazole rings is 1. The van der Waals surface area contributed by atoms with Gasteiger partial charge in [-0.3, -0.25) is 9.36 Å². The Labute approximate surface area is 202 Å². The van der Waals surface area contributed by atoms with Crippen molar-refractivity contribution in [2.75, 3.05) is 6.61 Å². The average molecular weight is 531 g/mol. The molecular weight excluding hydrogens is 508 g/mol. The molecule has 0 N–H and O–H groups in total. The minimum absolute atomic E-state index is 0.0875. The highest BCUT2D eigenvalue weighted by atomic mass is 79.9. The number of ether oxygens (including phenoxy) is 2. The van der Waals surface area contributed by atoms with Gasteiger partial charge in [0.2, 0.25) is 0 Å². The van der Waals surface area contributed by atoms with Gasteiger partial charge in [-0.15, -0.1) is 0 Å². The number of para-hydroxylation sites is 1. The van der Waals surface area contributed by atoms with Crippen LogP contribution in [0.3, 0.4) is 0 Å². The first-order valence-electron chi connectivity index (χ1n) is 10.5. The Morgan fingerprint density at radius 3 is 2.73 bits per heavy atom. The van der Waals surface area contributed by atoms with Gasteiger partial charge in [0.15, 0.2) is 9.47 Å². The van der Waals surface area contributed by atoms with Gasteiger partial charge in [-0.2, -0.15) is 0 Å². The zero-order valence-corrected chi connectivity index (χ0v) is 21.0. The zero-order valence-electron chi connectivity index (χ0n) is 18.6. The highest BCUT2D eigenvalue weighted by molar-refractivity contribution is 9.10. The van der Waals surface area contributed by atoms with Crippen molar-refractivity contribution < 1.29 is 18.7 Å². The summed E-state index contributed by atoms with van der Waals surface area (Å²) < 4.78 is 19.5. The van der Waals surface area contributed by atoms with Crippen molar-refractivity contribution in [1.29, 1.82) is 0 Å². The Balaban J connectivity index is 1.98. The van der Waals surface area contributed by atoms with Crippen LogP contribution in [-0.4, -0.2) is 23.2 Å². The molecule has 3 aromatic rings. The van der Waals surface area contributed by atoms with E-state index in [0.29, 0.717) is 42.3 Å². The predicted octanol–water partition coefficient (Wildman–Crippen LogP) is 3.94. The quantitative estimate of drug-likeness (QED) is 0.450. The molecule has 9 heteroatoms. The molecule has 0 bridgehead atoms. The molecule has 7 nitrogen and oxygen atoms in total. The van der Waals surface area contributed by atoms with Crippen LogP contribution < -0.4 is 19.6 Å². The number of carbonyl (C=O) groups is 1. The fraction of sp³-hybridized carbons (Fsp3) is 0.292. The number of furan rings is 1. The van der Waals surface area contributed by atoms with E-state index < -0.39 is 12.0 Å². The first kappa shape index (κ1) is 23.3. The average Bonchev–Trinajstić information content (AvgIpc) is 3.30. The number of benzene rings is 1. The summed E-state index contributed by atoms with van der Waals surface area (Å²) in [6.07, 6.45) is 1.58. The summed E-state index contributed by atoms with van der Waals surface area (Å²) in [5, 5.41) is 0. The van der Waals surface area contributed by atoms with E-state index in [1.54, 1.807) is 32.1 Å². The monoisotopic (exact) mass is 530 g/mol. The lowest BCUT2D eigenvalue weighted by atomic mass is 9.95. The van der Waals surface area contributed by atoms with Crippen LogP contribution in [0.2, 0.25) is 0 Å². The number of fused-ring (bicyclic) bond motifs is 1. The van der Waals surface area contributed by atoms with Crippen LogP contribution in [0.1, 0.15) is 45.1 Å². The van der Waals surface area contributed by atoms with Gasteiger partial charge in [-0.25, -0.2) is 9.79 Å². The molecule has 0 aliphatic carbocycles. The highest BCUT2D eigenvalue weighted by Gasteiger charge is 2.35. The smallest absolute Gasteiger partial charge is 0.338 e. The van der Waals surface area contributed by atoms with E-state index in [9.17, 15) is 9.59 Å². The second-order valence-electron chi connectivity index (χ2n) is 7.65. The fourth-order valence-electron chi connectivity index (χ4n) is 3.69. The number of aromatic nitrogens is 1. The Morgan fingerprint density at radius 1 is 1.30 bits per heavy atom. The summed E-state index contributed by atoms with van der Waals surface area (Å²) in [6, 6.07) is 10.2. The van der Waals surface area contributed by atoms with Gasteiger partial charge in [0.1, 0.15) is 17.6 Å². The van der Waals surface area contributed by atoms with Crippen molar-refractivity contribution in [2.24, 2.45) is 4.99 Å². The number of rotatable bonds is 6. The van der Waals surface area contributed by atoms with Gasteiger partial charge in [0, 0.05) is 11.6 Å². The number of hydrogen-bond donors (Lipinski definition) is 0. The molecule has 33 heavy (non-hydrogen) atoms. The van der Waals surface area contributed by atoms with E-state index in [1.165, 1.54) is 15.9 Å². The van der Waals surface area contributed by atoms with Crippen LogP contribution in [0.4, 0.5) is 0 Å². The lowest BCUT2D eigenvalue weighted by molar-refractivity contribution is -0.139. The number of halogens is 1. The molecule has 0 radical (unpaired) electrons. The van der Waals surface area contributed by atoms with E-state index in [-0.39, 0.29) is 18.3 Å². The zero-order chi connectivity index (χ0) is 23.7. The van der Waals surface area contributed by atoms with Gasteiger partial charge in [-0.05, 0) is 61.8 Å². The summed E-state index contributed by atoms with van der Waals surface area (Å²) in [6.45, 7) is 7.57. The molecule has 1 atom stereocenters. The third-order valence-electron chi connectivity index (χ3n) is 4.96. The number of esters is 1. The highest BCUT2D eigenvalue weighted by Crippen LogP contribution is 2.36. The Morgan fingerprint density at radius 2 is 2.06 bits per heavy atom. The largest absolute Gasteiger partial charge is 0.491 e. The molecule has 0 saturated carbocycles. The molecule has 0 spiro atoms. The summed E-state index contributed by atoms with van der Waals surface area (Å²) in [5.74, 6) is 0.624. The van der Waals surface area contributed by atoms with Crippen molar-refractivity contribution in [3.8, 4) is 5.75 Å². The minimum Gasteiger partial charge on any atom is -0.491 e. The summed E-state index contributed by atoms with van der Waals surface area (Å²) >= 11 is 4.52. The molecule has 3 heterocycles. The van der Waals surface area contributed by atoms with E-state index in [2.05, 4.69) is 20.9 Å². The van der Waals surface area contributed by atoms with Crippen molar-refractivity contribution in [3.63, 3.8) is 0 Å². The normalized spacial score (nSPS) is 16.1. The maximum atomic E-state index is 13.6. The maximum Gasteiger partial charge on any atom is 0.338 e. The Bertz CT molecular complexity index is 1410. The maximum absolute atomic E-state index is 13.6. The second-order valence-corrected chi connectivity index (χ2v) is 9.44. The molecule has 1 aliphatic rings. The summed E-state index contributed by atoms with van der Waals surface area (Å²) in [4.78, 5) is 31.7. The number of hydrogen-bond acceptors (Lipinski definition) is 7. The number of nitrogens with zero attached hydrogens (tertiary/aromatic N) is 2. The topological polar surface area (TPSA) is 83.0 Å². The molecular formula is C24H23BrN2O5S. The first-order chi connectivity index (χ1) is 15.8. The lowest BCUT2D eigenvalue weighted by Gasteiger charge is -2.26. The predicted molar refractivity (Wildman–Crippen MR) is 129 cm³/mol. The van der Waals surface area contributed by atoms with Gasteiger partial charge < -0.3 is 13.9 Å². The van der Waals surface area contributed by atoms with Crippen molar-refractivity contribution in [2.45, 2.75) is 39.8 Å². The van der Waals surface area contributed by atoms with Gasteiger partial charge in [-0.1, -0.05) is 29.5 Å². The van der Waals surface area contributed by atoms with Crippen molar-refractivity contribution >= 4 is 39.3 Å². The van der Waals surface area contributed by atoms with Crippen LogP contribution in [-0.2, 0) is 9.53 Å². The molecule has 1 aliphatic heterocycles. The first-order valence-corrected chi connectivity index (χ1v) is 12.1. The molecule has 0 saturated heterocycles. The van der Waals surface area contributed by atoms with Crippen LogP contribution in [0.25, 0.3) is 6.08 Å². The molecule has 4 rings (SSSR count). The van der Waals surface area contributed by atoms with Crippen LogP contribution >= 0.6 is 27.3 Å². The van der Waals surface area contributed by atoms with Gasteiger partial charge in [0.05, 0.1) is 28.5 Å². The van der Waals surface area contributed by atoms with Gasteiger partial charge >= 0.3 is 5.97 Å². The van der Waals surface area contributed by atoms with E-state index in [0.717, 1.165) is 0 Å². The third kappa shape index (κ3) is 4.60. The Hall–Kier alpha value is -2.91. The minimum atomic E-state index is -0.735. The van der Waals surface area contributed by atoms with E-state index in [4.69, 9.17) is 13.9 Å². The SMILES string of the molecule is CCOC(=O)C1=C(C)N=c2s/c(=C/c3ccc(Br)o3)c(=O)n2[C@@H]1c1ccccc1OC(C)C. The molecule has 0 fully saturated rings. The number of allylic oxidation sites excluding steroid dienone is 1. The lowest BCUT2D eigenvalue weighted by Crippen LogP contribution is -2.40. The van der Waals surface area contributed by atoms with Crippen LogP contribution in [0.5, 0.6) is 5.75 Å².